The summed E-state index contributed by atoms with van der Waals surface area (Å²) in [7, 11) is -4.17. The van der Waals surface area contributed by atoms with Crippen molar-refractivity contribution in [3.8, 4) is 0 Å². The summed E-state index contributed by atoms with van der Waals surface area (Å²) in [4.78, 5) is 12.3. The summed E-state index contributed by atoms with van der Waals surface area (Å²) in [5.41, 5.74) is 0.820. The molecule has 7 heteroatoms. The zero-order valence-electron chi connectivity index (χ0n) is 14.9. The lowest BCUT2D eigenvalue weighted by Crippen LogP contribution is -2.50. The number of rotatable bonds is 7. The molecule has 3 rings (SSSR count). The first-order chi connectivity index (χ1) is 13.0. The predicted octanol–water partition coefficient (Wildman–Crippen LogP) is 2.77. The van der Waals surface area contributed by atoms with Gasteiger partial charge in [-0.2, -0.15) is 4.72 Å². The van der Waals surface area contributed by atoms with Crippen LogP contribution in [0.1, 0.15) is 31.2 Å². The molecule has 1 saturated carbocycles. The molecule has 0 bridgehead atoms. The Morgan fingerprint density at radius 3 is 2.33 bits per heavy atom. The highest BCUT2D eigenvalue weighted by Gasteiger charge is 2.29. The van der Waals surface area contributed by atoms with Crippen LogP contribution in [0.5, 0.6) is 0 Å². The van der Waals surface area contributed by atoms with Gasteiger partial charge >= 0.3 is 0 Å². The summed E-state index contributed by atoms with van der Waals surface area (Å²) < 4.78 is 41.7. The van der Waals surface area contributed by atoms with Gasteiger partial charge in [0, 0.05) is 6.04 Å². The quantitative estimate of drug-likeness (QED) is 0.763. The van der Waals surface area contributed by atoms with Crippen molar-refractivity contribution in [2.75, 3.05) is 0 Å². The lowest BCUT2D eigenvalue weighted by molar-refractivity contribution is -0.123. The highest BCUT2D eigenvalue weighted by Crippen LogP contribution is 2.19. The topological polar surface area (TPSA) is 75.3 Å². The van der Waals surface area contributed by atoms with Crippen molar-refractivity contribution in [2.45, 2.75) is 49.1 Å². The average molecular weight is 390 g/mol. The van der Waals surface area contributed by atoms with Gasteiger partial charge in [0.2, 0.25) is 15.9 Å². The third-order valence-electron chi connectivity index (χ3n) is 4.72. The number of sulfonamides is 1. The molecule has 2 aromatic rings. The Hall–Kier alpha value is -2.25. The molecule has 2 aromatic carbocycles. The third-order valence-corrected chi connectivity index (χ3v) is 6.23. The predicted molar refractivity (Wildman–Crippen MR) is 101 cm³/mol. The van der Waals surface area contributed by atoms with Crippen molar-refractivity contribution in [3.05, 3.63) is 66.0 Å². The minimum absolute atomic E-state index is 0.0636. The molecule has 0 radical (unpaired) electrons. The van der Waals surface area contributed by atoms with E-state index in [0.717, 1.165) is 37.3 Å². The molecule has 2 N–H and O–H groups in total. The van der Waals surface area contributed by atoms with Gasteiger partial charge in [-0.25, -0.2) is 12.8 Å². The van der Waals surface area contributed by atoms with Crippen LogP contribution in [0, 0.1) is 5.82 Å². The summed E-state index contributed by atoms with van der Waals surface area (Å²) >= 11 is 0. The second-order valence-corrected chi connectivity index (χ2v) is 8.47. The molecule has 1 aliphatic rings. The van der Waals surface area contributed by atoms with Crippen molar-refractivity contribution < 1.29 is 17.6 Å². The summed E-state index contributed by atoms with van der Waals surface area (Å²) in [5, 5.41) is 2.93. The molecule has 1 unspecified atom stereocenters. The van der Waals surface area contributed by atoms with Gasteiger partial charge in [0.1, 0.15) is 16.8 Å². The van der Waals surface area contributed by atoms with Crippen LogP contribution < -0.4 is 10.0 Å². The number of hydrogen-bond acceptors (Lipinski definition) is 3. The molecule has 1 aliphatic carbocycles. The number of halogens is 1. The van der Waals surface area contributed by atoms with Crippen molar-refractivity contribution in [1.82, 2.24) is 10.0 Å². The van der Waals surface area contributed by atoms with Crippen LogP contribution in [0.4, 0.5) is 4.39 Å². The number of carbonyl (C=O) groups excluding carboxylic acids is 1. The second-order valence-electron chi connectivity index (χ2n) is 6.78. The summed E-state index contributed by atoms with van der Waals surface area (Å²) in [6.07, 6.45) is 4.07. The molecule has 144 valence electrons. The maximum absolute atomic E-state index is 14.0. The Kier molecular flexibility index (Phi) is 6.23. The average Bonchev–Trinajstić information content (AvgIpc) is 3.15. The van der Waals surface area contributed by atoms with Crippen molar-refractivity contribution in [1.29, 1.82) is 0 Å². The van der Waals surface area contributed by atoms with Gasteiger partial charge in [-0.15, -0.1) is 0 Å². The molecule has 0 aliphatic heterocycles. The SMILES string of the molecule is O=C(NC1CCCC1)C(Cc1ccccc1)NS(=O)(=O)c1ccccc1F. The van der Waals surface area contributed by atoms with Crippen LogP contribution in [0.2, 0.25) is 0 Å². The van der Waals surface area contributed by atoms with Gasteiger partial charge in [0.25, 0.3) is 0 Å². The second kappa shape index (κ2) is 8.63. The first-order valence-corrected chi connectivity index (χ1v) is 10.6. The summed E-state index contributed by atoms with van der Waals surface area (Å²) in [6.45, 7) is 0. The van der Waals surface area contributed by atoms with E-state index in [1.165, 1.54) is 18.2 Å². The molecule has 27 heavy (non-hydrogen) atoms. The Morgan fingerprint density at radius 1 is 1.04 bits per heavy atom. The molecule has 1 fully saturated rings. The minimum Gasteiger partial charge on any atom is -0.352 e. The molecule has 5 nitrogen and oxygen atoms in total. The van der Waals surface area contributed by atoms with E-state index in [9.17, 15) is 17.6 Å². The van der Waals surface area contributed by atoms with E-state index in [1.807, 2.05) is 30.3 Å². The van der Waals surface area contributed by atoms with E-state index >= 15 is 0 Å². The van der Waals surface area contributed by atoms with E-state index in [0.29, 0.717) is 0 Å². The molecule has 0 saturated heterocycles. The lowest BCUT2D eigenvalue weighted by atomic mass is 10.1. The Labute approximate surface area is 159 Å². The summed E-state index contributed by atoms with van der Waals surface area (Å²) in [6, 6.07) is 13.3. The van der Waals surface area contributed by atoms with E-state index in [4.69, 9.17) is 0 Å². The minimum atomic E-state index is -4.17. The van der Waals surface area contributed by atoms with E-state index in [2.05, 4.69) is 10.0 Å². The van der Waals surface area contributed by atoms with Gasteiger partial charge in [-0.05, 0) is 37.0 Å². The fraction of sp³-hybridized carbons (Fsp3) is 0.350. The van der Waals surface area contributed by atoms with Crippen LogP contribution in [0.25, 0.3) is 0 Å². The third kappa shape index (κ3) is 5.14. The Balaban J connectivity index is 1.82. The van der Waals surface area contributed by atoms with E-state index < -0.39 is 26.8 Å². The zero-order valence-corrected chi connectivity index (χ0v) is 15.7. The van der Waals surface area contributed by atoms with Gasteiger partial charge in [-0.3, -0.25) is 4.79 Å². The first-order valence-electron chi connectivity index (χ1n) is 9.07. The monoisotopic (exact) mass is 390 g/mol. The van der Waals surface area contributed by atoms with Crippen LogP contribution in [0.3, 0.4) is 0 Å². The van der Waals surface area contributed by atoms with Crippen molar-refractivity contribution in [3.63, 3.8) is 0 Å². The van der Waals surface area contributed by atoms with E-state index in [1.54, 1.807) is 0 Å². The molecular weight excluding hydrogens is 367 g/mol. The van der Waals surface area contributed by atoms with Gasteiger partial charge in [0.05, 0.1) is 0 Å². The smallest absolute Gasteiger partial charge is 0.244 e. The van der Waals surface area contributed by atoms with Crippen LogP contribution in [-0.2, 0) is 21.2 Å². The van der Waals surface area contributed by atoms with Crippen LogP contribution >= 0.6 is 0 Å². The molecule has 0 heterocycles. The summed E-state index contributed by atoms with van der Waals surface area (Å²) in [5.74, 6) is -1.23. The fourth-order valence-electron chi connectivity index (χ4n) is 3.32. The number of amides is 1. The van der Waals surface area contributed by atoms with Crippen molar-refractivity contribution >= 4 is 15.9 Å². The number of hydrogen-bond donors (Lipinski definition) is 2. The van der Waals surface area contributed by atoms with E-state index in [-0.39, 0.29) is 18.4 Å². The van der Waals surface area contributed by atoms with Gasteiger partial charge < -0.3 is 5.32 Å². The Morgan fingerprint density at radius 2 is 1.67 bits per heavy atom. The van der Waals surface area contributed by atoms with Crippen molar-refractivity contribution in [2.24, 2.45) is 0 Å². The molecule has 0 aromatic heterocycles. The number of nitrogens with one attached hydrogen (secondary N) is 2. The molecule has 1 amide bonds. The van der Waals surface area contributed by atoms with Gasteiger partial charge in [-0.1, -0.05) is 55.3 Å². The van der Waals surface area contributed by atoms with Gasteiger partial charge in [0.15, 0.2) is 0 Å². The molecule has 1 atom stereocenters. The highest BCUT2D eigenvalue weighted by atomic mass is 32.2. The molecular formula is C20H23FN2O3S. The first kappa shape index (κ1) is 19.5. The normalized spacial score (nSPS) is 16.2. The number of carbonyl (C=O) groups is 1. The Bertz CT molecular complexity index is 881. The standard InChI is InChI=1S/C20H23FN2O3S/c21-17-12-6-7-13-19(17)27(25,26)23-18(14-15-8-2-1-3-9-15)20(24)22-16-10-4-5-11-16/h1-3,6-9,12-13,16,18,23H,4-5,10-11,14H2,(H,22,24). The van der Waals surface area contributed by atoms with Crippen LogP contribution in [-0.4, -0.2) is 26.4 Å². The molecule has 0 spiro atoms. The highest BCUT2D eigenvalue weighted by molar-refractivity contribution is 7.89. The number of benzene rings is 2. The zero-order chi connectivity index (χ0) is 19.3. The van der Waals surface area contributed by atoms with Crippen LogP contribution in [0.15, 0.2) is 59.5 Å². The largest absolute Gasteiger partial charge is 0.352 e. The fourth-order valence-corrected chi connectivity index (χ4v) is 4.60. The lowest BCUT2D eigenvalue weighted by Gasteiger charge is -2.21. The maximum atomic E-state index is 14.0. The maximum Gasteiger partial charge on any atom is 0.244 e.